The third kappa shape index (κ3) is 1.61. The second-order valence-corrected chi connectivity index (χ2v) is 3.73. The van der Waals surface area contributed by atoms with Crippen molar-refractivity contribution < 1.29 is 0 Å². The fraction of sp³-hybridized carbons (Fsp3) is 0.200. The van der Waals surface area contributed by atoms with Gasteiger partial charge in [-0.25, -0.2) is 9.97 Å². The van der Waals surface area contributed by atoms with Gasteiger partial charge in [0, 0.05) is 26.4 Å². The zero-order chi connectivity index (χ0) is 11.8. The Kier molecular flexibility index (Phi) is 2.04. The minimum absolute atomic E-state index is 0.710. The van der Waals surface area contributed by atoms with Crippen molar-refractivity contribution in [3.63, 3.8) is 0 Å². The summed E-state index contributed by atoms with van der Waals surface area (Å²) < 4.78 is 3.44. The molecule has 0 saturated heterocycles. The molecule has 0 unspecified atom stereocenters. The lowest BCUT2D eigenvalue weighted by atomic mass is 10.4. The lowest BCUT2D eigenvalue weighted by Crippen LogP contribution is -1.98. The summed E-state index contributed by atoms with van der Waals surface area (Å²) in [7, 11) is 3.71. The molecule has 0 aromatic carbocycles. The third-order valence-electron chi connectivity index (χ3n) is 2.49. The molecule has 0 saturated carbocycles. The maximum atomic E-state index is 4.24. The molecule has 86 valence electrons. The lowest BCUT2D eigenvalue weighted by molar-refractivity contribution is 0.771. The topological polar surface area (TPSA) is 73.5 Å². The van der Waals surface area contributed by atoms with Crippen molar-refractivity contribution in [2.24, 2.45) is 14.1 Å². The number of anilines is 2. The standard InChI is InChI=1S/C10H11N7/c1-16-4-3-8(15-16)14-9-7-5-13-17(2)10(7)12-6-11-9/h3-6H,1-2H3,(H,11,12,14,15). The van der Waals surface area contributed by atoms with Gasteiger partial charge >= 0.3 is 0 Å². The summed E-state index contributed by atoms with van der Waals surface area (Å²) in [5, 5.41) is 12.4. The van der Waals surface area contributed by atoms with Gasteiger partial charge in [0.05, 0.1) is 11.6 Å². The fourth-order valence-electron chi connectivity index (χ4n) is 1.66. The van der Waals surface area contributed by atoms with E-state index in [0.29, 0.717) is 5.82 Å². The molecule has 3 aromatic heterocycles. The Morgan fingerprint density at radius 3 is 2.88 bits per heavy atom. The Morgan fingerprint density at radius 1 is 1.24 bits per heavy atom. The van der Waals surface area contributed by atoms with Crippen LogP contribution in [0.25, 0.3) is 11.0 Å². The van der Waals surface area contributed by atoms with Crippen LogP contribution in [0, 0.1) is 0 Å². The molecule has 3 rings (SSSR count). The maximum Gasteiger partial charge on any atom is 0.163 e. The maximum absolute atomic E-state index is 4.24. The summed E-state index contributed by atoms with van der Waals surface area (Å²) in [4.78, 5) is 8.37. The average molecular weight is 229 g/mol. The number of rotatable bonds is 2. The van der Waals surface area contributed by atoms with Crippen LogP contribution < -0.4 is 5.32 Å². The van der Waals surface area contributed by atoms with Crippen molar-refractivity contribution >= 4 is 22.7 Å². The SMILES string of the molecule is Cn1ccc(Nc2ncnc3c2cnn3C)n1. The highest BCUT2D eigenvalue weighted by atomic mass is 15.3. The predicted molar refractivity (Wildman–Crippen MR) is 62.8 cm³/mol. The summed E-state index contributed by atoms with van der Waals surface area (Å²) >= 11 is 0. The number of aromatic nitrogens is 6. The van der Waals surface area contributed by atoms with E-state index in [-0.39, 0.29) is 0 Å². The van der Waals surface area contributed by atoms with Crippen molar-refractivity contribution in [2.75, 3.05) is 5.32 Å². The molecule has 0 aliphatic rings. The van der Waals surface area contributed by atoms with Crippen LogP contribution in [0.1, 0.15) is 0 Å². The highest BCUT2D eigenvalue weighted by molar-refractivity contribution is 5.87. The Balaban J connectivity index is 2.05. The van der Waals surface area contributed by atoms with Crippen molar-refractivity contribution in [1.29, 1.82) is 0 Å². The van der Waals surface area contributed by atoms with Gasteiger partial charge in [-0.3, -0.25) is 9.36 Å². The van der Waals surface area contributed by atoms with E-state index in [4.69, 9.17) is 0 Å². The molecule has 7 nitrogen and oxygen atoms in total. The molecular formula is C10H11N7. The van der Waals surface area contributed by atoms with Crippen LogP contribution in [-0.2, 0) is 14.1 Å². The molecule has 1 N–H and O–H groups in total. The van der Waals surface area contributed by atoms with Crippen LogP contribution >= 0.6 is 0 Å². The smallest absolute Gasteiger partial charge is 0.163 e. The van der Waals surface area contributed by atoms with Crippen LogP contribution in [0.15, 0.2) is 24.8 Å². The lowest BCUT2D eigenvalue weighted by Gasteiger charge is -2.02. The Labute approximate surface area is 97.1 Å². The van der Waals surface area contributed by atoms with E-state index in [1.807, 2.05) is 26.4 Å². The van der Waals surface area contributed by atoms with Gasteiger partial charge in [0.1, 0.15) is 12.1 Å². The number of aryl methyl sites for hydroxylation is 2. The van der Waals surface area contributed by atoms with Gasteiger partial charge in [0.25, 0.3) is 0 Å². The molecule has 0 bridgehead atoms. The highest BCUT2D eigenvalue weighted by Crippen LogP contribution is 2.20. The Morgan fingerprint density at radius 2 is 2.12 bits per heavy atom. The molecule has 0 aliphatic heterocycles. The fourth-order valence-corrected chi connectivity index (χ4v) is 1.66. The summed E-state index contributed by atoms with van der Waals surface area (Å²) in [6.45, 7) is 0. The first-order valence-electron chi connectivity index (χ1n) is 5.13. The molecule has 17 heavy (non-hydrogen) atoms. The van der Waals surface area contributed by atoms with Gasteiger partial charge in [-0.15, -0.1) is 0 Å². The van der Waals surface area contributed by atoms with Crippen molar-refractivity contribution in [2.45, 2.75) is 0 Å². The van der Waals surface area contributed by atoms with E-state index >= 15 is 0 Å². The van der Waals surface area contributed by atoms with Crippen LogP contribution in [0.3, 0.4) is 0 Å². The molecule has 7 heteroatoms. The minimum Gasteiger partial charge on any atom is -0.323 e. The summed E-state index contributed by atoms with van der Waals surface area (Å²) in [5.41, 5.74) is 0.790. The number of nitrogens with one attached hydrogen (secondary N) is 1. The van der Waals surface area contributed by atoms with Crippen LogP contribution in [0.5, 0.6) is 0 Å². The largest absolute Gasteiger partial charge is 0.323 e. The molecular weight excluding hydrogens is 218 g/mol. The molecule has 0 aliphatic carbocycles. The predicted octanol–water partition coefficient (Wildman–Crippen LogP) is 0.840. The molecule has 0 spiro atoms. The van der Waals surface area contributed by atoms with Crippen LogP contribution in [0.2, 0.25) is 0 Å². The van der Waals surface area contributed by atoms with Gasteiger partial charge < -0.3 is 5.32 Å². The molecule has 0 atom stereocenters. The van der Waals surface area contributed by atoms with Crippen molar-refractivity contribution in [3.8, 4) is 0 Å². The van der Waals surface area contributed by atoms with Gasteiger partial charge in [-0.05, 0) is 0 Å². The first-order chi connectivity index (χ1) is 8.24. The molecule has 3 aromatic rings. The second-order valence-electron chi connectivity index (χ2n) is 3.73. The van der Waals surface area contributed by atoms with Gasteiger partial charge in [-0.1, -0.05) is 0 Å². The summed E-state index contributed by atoms with van der Waals surface area (Å²) in [6, 6.07) is 1.88. The molecule has 0 radical (unpaired) electrons. The molecule has 0 amide bonds. The first-order valence-corrected chi connectivity index (χ1v) is 5.13. The zero-order valence-electron chi connectivity index (χ0n) is 9.49. The first kappa shape index (κ1) is 9.76. The van der Waals surface area contributed by atoms with Gasteiger partial charge in [-0.2, -0.15) is 10.2 Å². The minimum atomic E-state index is 0.710. The quantitative estimate of drug-likeness (QED) is 0.705. The van der Waals surface area contributed by atoms with E-state index in [1.54, 1.807) is 15.6 Å². The summed E-state index contributed by atoms with van der Waals surface area (Å²) in [5.74, 6) is 1.46. The average Bonchev–Trinajstić information content (AvgIpc) is 2.88. The van der Waals surface area contributed by atoms with E-state index in [9.17, 15) is 0 Å². The van der Waals surface area contributed by atoms with Crippen LogP contribution in [-0.4, -0.2) is 29.5 Å². The second kappa shape index (κ2) is 3.55. The Bertz CT molecular complexity index is 666. The van der Waals surface area contributed by atoms with Crippen molar-refractivity contribution in [3.05, 3.63) is 24.8 Å². The monoisotopic (exact) mass is 229 g/mol. The highest BCUT2D eigenvalue weighted by Gasteiger charge is 2.08. The van der Waals surface area contributed by atoms with E-state index < -0.39 is 0 Å². The normalized spacial score (nSPS) is 10.9. The molecule has 3 heterocycles. The molecule has 0 fully saturated rings. The van der Waals surface area contributed by atoms with Crippen LogP contribution in [0.4, 0.5) is 11.6 Å². The number of nitrogens with zero attached hydrogens (tertiary/aromatic N) is 6. The van der Waals surface area contributed by atoms with E-state index in [0.717, 1.165) is 16.9 Å². The van der Waals surface area contributed by atoms with Crippen molar-refractivity contribution in [1.82, 2.24) is 29.5 Å². The number of hydrogen-bond acceptors (Lipinski definition) is 5. The Hall–Kier alpha value is -2.44. The number of hydrogen-bond donors (Lipinski definition) is 1. The van der Waals surface area contributed by atoms with Gasteiger partial charge in [0.2, 0.25) is 0 Å². The number of fused-ring (bicyclic) bond motifs is 1. The van der Waals surface area contributed by atoms with Gasteiger partial charge in [0.15, 0.2) is 11.5 Å². The summed E-state index contributed by atoms with van der Waals surface area (Å²) in [6.07, 6.45) is 5.11. The van der Waals surface area contributed by atoms with E-state index in [1.165, 1.54) is 6.33 Å². The zero-order valence-corrected chi connectivity index (χ0v) is 9.49. The third-order valence-corrected chi connectivity index (χ3v) is 2.49. The van der Waals surface area contributed by atoms with E-state index in [2.05, 4.69) is 25.5 Å².